The van der Waals surface area contributed by atoms with Crippen LogP contribution in [-0.2, 0) is 16.1 Å². The molecule has 2 aromatic rings. The van der Waals surface area contributed by atoms with Gasteiger partial charge in [0, 0.05) is 11.5 Å². The Morgan fingerprint density at radius 2 is 1.96 bits per heavy atom. The van der Waals surface area contributed by atoms with Gasteiger partial charge in [-0.1, -0.05) is 19.3 Å². The molecule has 1 aliphatic rings. The number of carbonyl (C=O) groups excluding carboxylic acids is 1. The molecule has 1 aromatic heterocycles. The van der Waals surface area contributed by atoms with Gasteiger partial charge in [0.1, 0.15) is 18.2 Å². The van der Waals surface area contributed by atoms with Crippen molar-refractivity contribution >= 4 is 5.97 Å². The lowest BCUT2D eigenvalue weighted by molar-refractivity contribution is -0.141. The lowest BCUT2D eigenvalue weighted by Crippen LogP contribution is -2.18. The number of hydrogen-bond donors (Lipinski definition) is 0. The molecule has 1 aliphatic carbocycles. The van der Waals surface area contributed by atoms with E-state index in [1.165, 1.54) is 38.5 Å². The third-order valence-electron chi connectivity index (χ3n) is 4.28. The van der Waals surface area contributed by atoms with Gasteiger partial charge in [0.15, 0.2) is 5.82 Å². The molecule has 0 bridgehead atoms. The summed E-state index contributed by atoms with van der Waals surface area (Å²) in [6.45, 7) is 0.0521. The second-order valence-electron chi connectivity index (χ2n) is 5.87. The largest absolute Gasteiger partial charge is 0.468 e. The van der Waals surface area contributed by atoms with Gasteiger partial charge in [-0.05, 0) is 37.1 Å². The SMILES string of the molecule is COC(=O)Cn1nc(-c2ccc(F)cc2)nc1C1CCCCC1. The van der Waals surface area contributed by atoms with Crippen molar-refractivity contribution in [3.63, 3.8) is 0 Å². The fraction of sp³-hybridized carbons (Fsp3) is 0.471. The first-order valence-corrected chi connectivity index (χ1v) is 7.95. The van der Waals surface area contributed by atoms with Crippen LogP contribution in [-0.4, -0.2) is 27.8 Å². The Kier molecular flexibility index (Phi) is 4.69. The number of ether oxygens (including phenoxy) is 1. The van der Waals surface area contributed by atoms with Crippen molar-refractivity contribution in [3.8, 4) is 11.4 Å². The molecule has 122 valence electrons. The minimum Gasteiger partial charge on any atom is -0.468 e. The first kappa shape index (κ1) is 15.6. The highest BCUT2D eigenvalue weighted by Gasteiger charge is 2.24. The predicted molar refractivity (Wildman–Crippen MR) is 83.3 cm³/mol. The maximum absolute atomic E-state index is 13.1. The van der Waals surface area contributed by atoms with E-state index >= 15 is 0 Å². The summed E-state index contributed by atoms with van der Waals surface area (Å²) in [7, 11) is 1.36. The average Bonchev–Trinajstić information content (AvgIpc) is 3.00. The number of aromatic nitrogens is 3. The lowest BCUT2D eigenvalue weighted by Gasteiger charge is -2.20. The van der Waals surface area contributed by atoms with Crippen molar-refractivity contribution in [3.05, 3.63) is 35.9 Å². The smallest absolute Gasteiger partial charge is 0.327 e. The fourth-order valence-corrected chi connectivity index (χ4v) is 3.04. The molecule has 0 N–H and O–H groups in total. The molecule has 23 heavy (non-hydrogen) atoms. The van der Waals surface area contributed by atoms with Crippen LogP contribution in [0.1, 0.15) is 43.8 Å². The molecular formula is C17H20FN3O2. The molecule has 6 heteroatoms. The quantitative estimate of drug-likeness (QED) is 0.812. The zero-order valence-corrected chi connectivity index (χ0v) is 13.2. The van der Waals surface area contributed by atoms with Crippen molar-refractivity contribution in [2.45, 2.75) is 44.6 Å². The van der Waals surface area contributed by atoms with E-state index in [4.69, 9.17) is 4.74 Å². The minimum atomic E-state index is -0.349. The summed E-state index contributed by atoms with van der Waals surface area (Å²) in [5.74, 6) is 1.02. The summed E-state index contributed by atoms with van der Waals surface area (Å²) in [4.78, 5) is 16.3. The highest BCUT2D eigenvalue weighted by Crippen LogP contribution is 2.32. The van der Waals surface area contributed by atoms with Gasteiger partial charge >= 0.3 is 5.97 Å². The maximum atomic E-state index is 13.1. The van der Waals surface area contributed by atoms with Crippen molar-refractivity contribution in [1.82, 2.24) is 14.8 Å². The molecule has 1 saturated carbocycles. The number of rotatable bonds is 4. The molecular weight excluding hydrogens is 297 g/mol. The van der Waals surface area contributed by atoms with Crippen molar-refractivity contribution in [2.75, 3.05) is 7.11 Å². The number of esters is 1. The molecule has 0 saturated heterocycles. The zero-order valence-electron chi connectivity index (χ0n) is 13.2. The highest BCUT2D eigenvalue weighted by molar-refractivity contribution is 5.69. The van der Waals surface area contributed by atoms with Gasteiger partial charge in [-0.2, -0.15) is 5.10 Å². The van der Waals surface area contributed by atoms with E-state index in [0.29, 0.717) is 11.7 Å². The Balaban J connectivity index is 1.94. The molecule has 0 radical (unpaired) electrons. The highest BCUT2D eigenvalue weighted by atomic mass is 19.1. The number of carbonyl (C=O) groups is 1. The first-order valence-electron chi connectivity index (χ1n) is 7.95. The van der Waals surface area contributed by atoms with E-state index in [2.05, 4.69) is 10.1 Å². The second-order valence-corrected chi connectivity index (χ2v) is 5.87. The summed E-state index contributed by atoms with van der Waals surface area (Å²) in [6.07, 6.45) is 5.70. The van der Waals surface area contributed by atoms with Crippen LogP contribution in [0.15, 0.2) is 24.3 Å². The molecule has 0 atom stereocenters. The van der Waals surface area contributed by atoms with Gasteiger partial charge < -0.3 is 4.74 Å². The average molecular weight is 317 g/mol. The van der Waals surface area contributed by atoms with Crippen LogP contribution >= 0.6 is 0 Å². The van der Waals surface area contributed by atoms with Crippen LogP contribution in [0.3, 0.4) is 0 Å². The van der Waals surface area contributed by atoms with E-state index in [0.717, 1.165) is 24.2 Å². The monoisotopic (exact) mass is 317 g/mol. The van der Waals surface area contributed by atoms with Crippen LogP contribution in [0.4, 0.5) is 4.39 Å². The molecule has 0 unspecified atom stereocenters. The fourth-order valence-electron chi connectivity index (χ4n) is 3.04. The van der Waals surface area contributed by atoms with E-state index in [1.54, 1.807) is 16.8 Å². The van der Waals surface area contributed by atoms with Crippen molar-refractivity contribution in [1.29, 1.82) is 0 Å². The normalized spacial score (nSPS) is 15.6. The van der Waals surface area contributed by atoms with Crippen molar-refractivity contribution < 1.29 is 13.9 Å². The first-order chi connectivity index (χ1) is 11.2. The second kappa shape index (κ2) is 6.89. The molecule has 1 aromatic carbocycles. The maximum Gasteiger partial charge on any atom is 0.327 e. The molecule has 5 nitrogen and oxygen atoms in total. The summed E-state index contributed by atoms with van der Waals surface area (Å²) >= 11 is 0. The predicted octanol–water partition coefficient (Wildman–Crippen LogP) is 3.30. The number of benzene rings is 1. The number of methoxy groups -OCH3 is 1. The Labute approximate surface area is 134 Å². The van der Waals surface area contributed by atoms with Gasteiger partial charge in [-0.25, -0.2) is 14.1 Å². The molecule has 0 spiro atoms. The van der Waals surface area contributed by atoms with E-state index in [1.807, 2.05) is 0 Å². The van der Waals surface area contributed by atoms with Gasteiger partial charge in [0.05, 0.1) is 7.11 Å². The van der Waals surface area contributed by atoms with Crippen LogP contribution in [0, 0.1) is 5.82 Å². The van der Waals surface area contributed by atoms with E-state index < -0.39 is 0 Å². The van der Waals surface area contributed by atoms with Crippen LogP contribution in [0.5, 0.6) is 0 Å². The lowest BCUT2D eigenvalue weighted by atomic mass is 9.88. The van der Waals surface area contributed by atoms with E-state index in [-0.39, 0.29) is 18.3 Å². The molecule has 0 aliphatic heterocycles. The Morgan fingerprint density at radius 3 is 2.61 bits per heavy atom. The Morgan fingerprint density at radius 1 is 1.26 bits per heavy atom. The van der Waals surface area contributed by atoms with Gasteiger partial charge in [-0.3, -0.25) is 4.79 Å². The summed E-state index contributed by atoms with van der Waals surface area (Å²) < 4.78 is 19.5. The number of nitrogens with zero attached hydrogens (tertiary/aromatic N) is 3. The minimum absolute atomic E-state index is 0.0521. The Hall–Kier alpha value is -2.24. The molecule has 1 heterocycles. The topological polar surface area (TPSA) is 57.0 Å². The Bertz CT molecular complexity index is 676. The summed E-state index contributed by atoms with van der Waals surface area (Å²) in [5.41, 5.74) is 0.743. The summed E-state index contributed by atoms with van der Waals surface area (Å²) in [5, 5.41) is 4.46. The standard InChI is InChI=1S/C17H20FN3O2/c1-23-15(22)11-21-17(13-5-3-2-4-6-13)19-16(20-21)12-7-9-14(18)10-8-12/h7-10,13H,2-6,11H2,1H3. The van der Waals surface area contributed by atoms with Gasteiger partial charge in [0.2, 0.25) is 0 Å². The van der Waals surface area contributed by atoms with Gasteiger partial charge in [-0.15, -0.1) is 0 Å². The van der Waals surface area contributed by atoms with Gasteiger partial charge in [0.25, 0.3) is 0 Å². The van der Waals surface area contributed by atoms with Crippen molar-refractivity contribution in [2.24, 2.45) is 0 Å². The van der Waals surface area contributed by atoms with E-state index in [9.17, 15) is 9.18 Å². The van der Waals surface area contributed by atoms with Crippen LogP contribution < -0.4 is 0 Å². The van der Waals surface area contributed by atoms with Crippen LogP contribution in [0.25, 0.3) is 11.4 Å². The molecule has 1 fully saturated rings. The third kappa shape index (κ3) is 3.57. The molecule has 0 amide bonds. The number of halogens is 1. The molecule has 3 rings (SSSR count). The zero-order chi connectivity index (χ0) is 16.2. The number of hydrogen-bond acceptors (Lipinski definition) is 4. The summed E-state index contributed by atoms with van der Waals surface area (Å²) in [6, 6.07) is 6.07. The third-order valence-corrected chi connectivity index (χ3v) is 4.28. The van der Waals surface area contributed by atoms with Crippen LogP contribution in [0.2, 0.25) is 0 Å².